The van der Waals surface area contributed by atoms with Gasteiger partial charge < -0.3 is 0 Å². The van der Waals surface area contributed by atoms with E-state index in [1.165, 1.54) is 11.1 Å². The van der Waals surface area contributed by atoms with E-state index in [9.17, 15) is 0 Å². The maximum absolute atomic E-state index is 3.70. The second-order valence-electron chi connectivity index (χ2n) is 3.28. The van der Waals surface area contributed by atoms with Crippen LogP contribution in [0.2, 0.25) is 0 Å². The van der Waals surface area contributed by atoms with Crippen LogP contribution in [0.5, 0.6) is 0 Å². The molecule has 0 heteroatoms. The van der Waals surface area contributed by atoms with E-state index in [0.717, 1.165) is 0 Å². The molecule has 0 aliphatic carbocycles. The van der Waals surface area contributed by atoms with Crippen molar-refractivity contribution in [2.75, 3.05) is 0 Å². The number of hydrogen-bond acceptors (Lipinski definition) is 0. The number of allylic oxidation sites excluding steroid dienone is 3. The van der Waals surface area contributed by atoms with E-state index >= 15 is 0 Å². The van der Waals surface area contributed by atoms with Crippen LogP contribution in [0.25, 0.3) is 0 Å². The highest BCUT2D eigenvalue weighted by molar-refractivity contribution is 5.28. The molecule has 0 spiro atoms. The monoisotopic (exact) mass is 172 g/mol. The van der Waals surface area contributed by atoms with Crippen molar-refractivity contribution in [1.29, 1.82) is 0 Å². The summed E-state index contributed by atoms with van der Waals surface area (Å²) in [4.78, 5) is 0. The van der Waals surface area contributed by atoms with Crippen LogP contribution >= 0.6 is 0 Å². The molecule has 68 valence electrons. The molecule has 0 N–H and O–H groups in total. The van der Waals surface area contributed by atoms with Crippen molar-refractivity contribution >= 4 is 0 Å². The summed E-state index contributed by atoms with van der Waals surface area (Å²) in [6.45, 7) is 8.05. The van der Waals surface area contributed by atoms with Gasteiger partial charge in [0, 0.05) is 5.92 Å². The van der Waals surface area contributed by atoms with Crippen molar-refractivity contribution in [3.8, 4) is 0 Å². The highest BCUT2D eigenvalue weighted by atomic mass is 14.1. The average molecular weight is 172 g/mol. The van der Waals surface area contributed by atoms with E-state index in [-0.39, 0.29) is 0 Å². The van der Waals surface area contributed by atoms with Gasteiger partial charge in [0.15, 0.2) is 0 Å². The van der Waals surface area contributed by atoms with Crippen molar-refractivity contribution in [3.05, 3.63) is 60.2 Å². The molecule has 1 rings (SSSR count). The van der Waals surface area contributed by atoms with Crippen molar-refractivity contribution in [1.82, 2.24) is 0 Å². The molecular weight excluding hydrogens is 156 g/mol. The van der Waals surface area contributed by atoms with Gasteiger partial charge in [0.2, 0.25) is 0 Å². The molecule has 0 aliphatic rings. The summed E-state index contributed by atoms with van der Waals surface area (Å²) >= 11 is 0. The summed E-state index contributed by atoms with van der Waals surface area (Å²) < 4.78 is 0. The normalized spacial score (nSPS) is 13.8. The van der Waals surface area contributed by atoms with Crippen LogP contribution in [-0.4, -0.2) is 0 Å². The molecule has 0 nitrogen and oxygen atoms in total. The van der Waals surface area contributed by atoms with Gasteiger partial charge in [-0.3, -0.25) is 0 Å². The first kappa shape index (κ1) is 9.79. The summed E-state index contributed by atoms with van der Waals surface area (Å²) in [6.07, 6.45) is 3.91. The smallest absolute Gasteiger partial charge is 0.00201 e. The first-order valence-corrected chi connectivity index (χ1v) is 4.60. The minimum Gasteiger partial charge on any atom is -0.0991 e. The maximum atomic E-state index is 3.70. The third-order valence-electron chi connectivity index (χ3n) is 2.36. The van der Waals surface area contributed by atoms with Crippen molar-refractivity contribution in [3.63, 3.8) is 0 Å². The zero-order chi connectivity index (χ0) is 9.68. The number of hydrogen-bond donors (Lipinski definition) is 0. The van der Waals surface area contributed by atoms with Crippen LogP contribution in [0.1, 0.15) is 25.3 Å². The fraction of sp³-hybridized carbons (Fsp3) is 0.231. The van der Waals surface area contributed by atoms with E-state index in [1.54, 1.807) is 0 Å². The van der Waals surface area contributed by atoms with E-state index in [4.69, 9.17) is 0 Å². The molecule has 1 unspecified atom stereocenters. The fourth-order valence-corrected chi connectivity index (χ4v) is 1.33. The van der Waals surface area contributed by atoms with Gasteiger partial charge in [-0.2, -0.15) is 0 Å². The van der Waals surface area contributed by atoms with E-state index in [1.807, 2.05) is 12.1 Å². The van der Waals surface area contributed by atoms with Gasteiger partial charge in [-0.1, -0.05) is 61.6 Å². The van der Waals surface area contributed by atoms with Crippen LogP contribution < -0.4 is 0 Å². The van der Waals surface area contributed by atoms with Gasteiger partial charge in [-0.25, -0.2) is 0 Å². The largest absolute Gasteiger partial charge is 0.0991 e. The Bertz CT molecular complexity index is 293. The molecule has 0 bridgehead atoms. The Morgan fingerprint density at radius 1 is 1.31 bits per heavy atom. The molecule has 0 amide bonds. The first-order chi connectivity index (χ1) is 6.25. The van der Waals surface area contributed by atoms with E-state index in [2.05, 4.69) is 50.8 Å². The van der Waals surface area contributed by atoms with Gasteiger partial charge in [0.1, 0.15) is 0 Å². The molecule has 1 atom stereocenters. The summed E-state index contributed by atoms with van der Waals surface area (Å²) in [5.41, 5.74) is 2.71. The molecule has 0 aliphatic heterocycles. The van der Waals surface area contributed by atoms with E-state index < -0.39 is 0 Å². The third kappa shape index (κ3) is 2.59. The minimum absolute atomic E-state index is 0.485. The quantitative estimate of drug-likeness (QED) is 0.606. The van der Waals surface area contributed by atoms with Crippen LogP contribution in [0, 0.1) is 0 Å². The molecule has 1 aromatic rings. The minimum atomic E-state index is 0.485. The highest BCUT2D eigenvalue weighted by Gasteiger charge is 2.04. The topological polar surface area (TPSA) is 0 Å². The second kappa shape index (κ2) is 4.66. The lowest BCUT2D eigenvalue weighted by atomic mass is 9.94. The Balaban J connectivity index is 2.85. The molecule has 13 heavy (non-hydrogen) atoms. The fourth-order valence-electron chi connectivity index (χ4n) is 1.33. The number of rotatable bonds is 3. The number of benzene rings is 1. The van der Waals surface area contributed by atoms with Gasteiger partial charge in [-0.15, -0.1) is 0 Å². The molecule has 0 radical (unpaired) electrons. The first-order valence-electron chi connectivity index (χ1n) is 4.60. The van der Waals surface area contributed by atoms with Crippen LogP contribution in [0.4, 0.5) is 0 Å². The predicted molar refractivity (Wildman–Crippen MR) is 58.8 cm³/mol. The predicted octanol–water partition coefficient (Wildman–Crippen LogP) is 3.92. The molecule has 0 fully saturated rings. The van der Waals surface area contributed by atoms with E-state index in [0.29, 0.717) is 5.92 Å². The molecule has 0 heterocycles. The average Bonchev–Trinajstić information content (AvgIpc) is 2.18. The van der Waals surface area contributed by atoms with Crippen LogP contribution in [0.15, 0.2) is 54.6 Å². The summed E-state index contributed by atoms with van der Waals surface area (Å²) in [7, 11) is 0. The standard InChI is InChI=1S/C13H16/c1-4-8-11(2)12(3)13-9-6-5-7-10-13/h4-10,12H,1H2,2-3H3. The lowest BCUT2D eigenvalue weighted by Gasteiger charge is -2.11. The van der Waals surface area contributed by atoms with Crippen molar-refractivity contribution < 1.29 is 0 Å². The van der Waals surface area contributed by atoms with Gasteiger partial charge >= 0.3 is 0 Å². The second-order valence-corrected chi connectivity index (χ2v) is 3.28. The third-order valence-corrected chi connectivity index (χ3v) is 2.36. The molecular formula is C13H16. The van der Waals surface area contributed by atoms with Crippen LogP contribution in [-0.2, 0) is 0 Å². The zero-order valence-corrected chi connectivity index (χ0v) is 8.33. The van der Waals surface area contributed by atoms with Gasteiger partial charge in [-0.05, 0) is 12.5 Å². The highest BCUT2D eigenvalue weighted by Crippen LogP contribution is 2.22. The molecule has 0 aromatic heterocycles. The Labute approximate surface area is 80.6 Å². The summed E-state index contributed by atoms with van der Waals surface area (Å²) in [5, 5.41) is 0. The Kier molecular flexibility index (Phi) is 3.51. The Morgan fingerprint density at radius 2 is 1.92 bits per heavy atom. The Hall–Kier alpha value is -1.30. The maximum Gasteiger partial charge on any atom is 0.00201 e. The van der Waals surface area contributed by atoms with Gasteiger partial charge in [0.05, 0.1) is 0 Å². The molecule has 1 aromatic carbocycles. The van der Waals surface area contributed by atoms with Crippen LogP contribution in [0.3, 0.4) is 0 Å². The summed E-state index contributed by atoms with van der Waals surface area (Å²) in [6, 6.07) is 10.5. The lowest BCUT2D eigenvalue weighted by molar-refractivity contribution is 0.894. The Morgan fingerprint density at radius 3 is 2.46 bits per heavy atom. The SMILES string of the molecule is C=CC=C(C)C(C)c1ccccc1. The van der Waals surface area contributed by atoms with Crippen molar-refractivity contribution in [2.24, 2.45) is 0 Å². The summed E-state index contributed by atoms with van der Waals surface area (Å²) in [5.74, 6) is 0.485. The van der Waals surface area contributed by atoms with Crippen molar-refractivity contribution in [2.45, 2.75) is 19.8 Å². The zero-order valence-electron chi connectivity index (χ0n) is 8.33. The molecule has 0 saturated carbocycles. The molecule has 0 saturated heterocycles. The van der Waals surface area contributed by atoms with Gasteiger partial charge in [0.25, 0.3) is 0 Å². The lowest BCUT2D eigenvalue weighted by Crippen LogP contribution is -1.93.